The Hall–Kier alpha value is -0.860. The van der Waals surface area contributed by atoms with Crippen LogP contribution in [-0.2, 0) is 13.0 Å². The van der Waals surface area contributed by atoms with Gasteiger partial charge in [0.2, 0.25) is 0 Å². The third-order valence-corrected chi connectivity index (χ3v) is 4.88. The average molecular weight is 476 g/mol. The molecule has 1 aromatic heterocycles. The molecular formula is C19H37IN6. The minimum Gasteiger partial charge on any atom is -0.355 e. The van der Waals surface area contributed by atoms with E-state index in [2.05, 4.69) is 39.2 Å². The summed E-state index contributed by atoms with van der Waals surface area (Å²) in [6.45, 7) is 6.99. The molecule has 7 heteroatoms. The Morgan fingerprint density at radius 1 is 1.19 bits per heavy atom. The predicted octanol–water partition coefficient (Wildman–Crippen LogP) is 3.91. The van der Waals surface area contributed by atoms with E-state index in [1.807, 2.05) is 6.33 Å². The molecule has 1 aromatic rings. The zero-order chi connectivity index (χ0) is 17.7. The van der Waals surface area contributed by atoms with Gasteiger partial charge in [-0.05, 0) is 19.3 Å². The molecule has 0 amide bonds. The number of aliphatic imine (C=N–C) groups is 1. The number of unbranched alkanes of at least 4 members (excludes halogenated alkanes) is 3. The number of hydrogen-bond donors (Lipinski definition) is 2. The quantitative estimate of drug-likeness (QED) is 0.233. The van der Waals surface area contributed by atoms with Gasteiger partial charge in [0, 0.05) is 32.1 Å². The van der Waals surface area contributed by atoms with Gasteiger partial charge in [-0.25, -0.2) is 0 Å². The molecule has 0 aliphatic heterocycles. The van der Waals surface area contributed by atoms with Gasteiger partial charge in [0.1, 0.15) is 12.2 Å². The van der Waals surface area contributed by atoms with Gasteiger partial charge < -0.3 is 15.2 Å². The molecule has 0 unspecified atom stereocenters. The Kier molecular flexibility index (Phi) is 12.7. The van der Waals surface area contributed by atoms with Crippen LogP contribution >= 0.6 is 24.0 Å². The molecular weight excluding hydrogens is 439 g/mol. The molecule has 0 atom stereocenters. The van der Waals surface area contributed by atoms with Crippen LogP contribution in [-0.4, -0.2) is 39.9 Å². The smallest absolute Gasteiger partial charge is 0.191 e. The molecule has 0 bridgehead atoms. The molecule has 1 fully saturated rings. The Bertz CT molecular complexity index is 496. The van der Waals surface area contributed by atoms with Crippen molar-refractivity contribution in [2.24, 2.45) is 4.99 Å². The summed E-state index contributed by atoms with van der Waals surface area (Å²) in [5.41, 5.74) is 0. The van der Waals surface area contributed by atoms with Crippen molar-refractivity contribution in [3.05, 3.63) is 12.2 Å². The lowest BCUT2D eigenvalue weighted by Gasteiger charge is -2.25. The first-order valence-corrected chi connectivity index (χ1v) is 10.2. The molecule has 1 aliphatic carbocycles. The van der Waals surface area contributed by atoms with Gasteiger partial charge >= 0.3 is 0 Å². The summed E-state index contributed by atoms with van der Waals surface area (Å²) in [5.74, 6) is 2.02. The fraction of sp³-hybridized carbons (Fsp3) is 0.842. The topological polar surface area (TPSA) is 67.1 Å². The fourth-order valence-corrected chi connectivity index (χ4v) is 3.36. The number of guanidine groups is 1. The summed E-state index contributed by atoms with van der Waals surface area (Å²) in [6.07, 6.45) is 14.3. The molecule has 150 valence electrons. The number of nitrogens with one attached hydrogen (secondary N) is 2. The Balaban J connectivity index is 0.00000338. The number of aromatic nitrogens is 3. The van der Waals surface area contributed by atoms with E-state index < -0.39 is 0 Å². The second-order valence-electron chi connectivity index (χ2n) is 6.99. The van der Waals surface area contributed by atoms with E-state index in [1.165, 1.54) is 57.8 Å². The zero-order valence-electron chi connectivity index (χ0n) is 16.5. The largest absolute Gasteiger partial charge is 0.355 e. The SMILES string of the molecule is CCCCCCN=C(NCCn1cnnc1CC)NC1CCCCC1.I. The molecule has 1 aliphatic rings. The molecule has 2 rings (SSSR count). The summed E-state index contributed by atoms with van der Waals surface area (Å²) in [5, 5.41) is 15.3. The first kappa shape index (κ1) is 23.2. The monoisotopic (exact) mass is 476 g/mol. The van der Waals surface area contributed by atoms with Gasteiger partial charge in [0.25, 0.3) is 0 Å². The van der Waals surface area contributed by atoms with Crippen LogP contribution in [0.1, 0.15) is 77.5 Å². The predicted molar refractivity (Wildman–Crippen MR) is 119 cm³/mol. The van der Waals surface area contributed by atoms with Crippen molar-refractivity contribution >= 4 is 29.9 Å². The van der Waals surface area contributed by atoms with Crippen LogP contribution in [0.25, 0.3) is 0 Å². The second kappa shape index (κ2) is 14.2. The average Bonchev–Trinajstić information content (AvgIpc) is 3.09. The van der Waals surface area contributed by atoms with E-state index in [1.54, 1.807) is 0 Å². The minimum atomic E-state index is 0. The van der Waals surface area contributed by atoms with Gasteiger partial charge in [-0.3, -0.25) is 4.99 Å². The summed E-state index contributed by atoms with van der Waals surface area (Å²) in [6, 6.07) is 0.580. The lowest BCUT2D eigenvalue weighted by atomic mass is 9.96. The lowest BCUT2D eigenvalue weighted by Crippen LogP contribution is -2.45. The van der Waals surface area contributed by atoms with Crippen molar-refractivity contribution in [3.8, 4) is 0 Å². The maximum absolute atomic E-state index is 4.80. The number of nitrogens with zero attached hydrogens (tertiary/aromatic N) is 4. The summed E-state index contributed by atoms with van der Waals surface area (Å²) >= 11 is 0. The van der Waals surface area contributed by atoms with Crippen molar-refractivity contribution in [2.45, 2.75) is 90.6 Å². The van der Waals surface area contributed by atoms with Crippen LogP contribution in [0.4, 0.5) is 0 Å². The van der Waals surface area contributed by atoms with Crippen LogP contribution in [0.2, 0.25) is 0 Å². The second-order valence-corrected chi connectivity index (χ2v) is 6.99. The third kappa shape index (κ3) is 8.68. The zero-order valence-corrected chi connectivity index (χ0v) is 18.9. The molecule has 0 aromatic carbocycles. The molecule has 26 heavy (non-hydrogen) atoms. The maximum atomic E-state index is 4.80. The normalized spacial score (nSPS) is 15.5. The van der Waals surface area contributed by atoms with Crippen molar-refractivity contribution in [2.75, 3.05) is 13.1 Å². The van der Waals surface area contributed by atoms with Crippen LogP contribution < -0.4 is 10.6 Å². The number of aryl methyl sites for hydroxylation is 1. The Labute approximate surface area is 176 Å². The standard InChI is InChI=1S/C19H36N6.HI/c1-3-5-6-10-13-20-19(23-17-11-8-7-9-12-17)21-14-15-25-16-22-24-18(25)4-2;/h16-17H,3-15H2,1-2H3,(H2,20,21,23);1H. The Morgan fingerprint density at radius 3 is 2.73 bits per heavy atom. The number of halogens is 1. The van der Waals surface area contributed by atoms with Gasteiger partial charge in [-0.1, -0.05) is 52.4 Å². The van der Waals surface area contributed by atoms with Gasteiger partial charge in [0.15, 0.2) is 5.96 Å². The van der Waals surface area contributed by atoms with Crippen molar-refractivity contribution < 1.29 is 0 Å². The molecule has 1 saturated carbocycles. The molecule has 6 nitrogen and oxygen atoms in total. The molecule has 2 N–H and O–H groups in total. The van der Waals surface area contributed by atoms with E-state index in [4.69, 9.17) is 4.99 Å². The first-order valence-electron chi connectivity index (χ1n) is 10.2. The summed E-state index contributed by atoms with van der Waals surface area (Å²) in [7, 11) is 0. The van der Waals surface area contributed by atoms with E-state index in [0.717, 1.165) is 37.8 Å². The number of rotatable bonds is 10. The maximum Gasteiger partial charge on any atom is 0.191 e. The van der Waals surface area contributed by atoms with Crippen LogP contribution in [0.15, 0.2) is 11.3 Å². The van der Waals surface area contributed by atoms with Crippen molar-refractivity contribution in [1.29, 1.82) is 0 Å². The first-order chi connectivity index (χ1) is 12.3. The van der Waals surface area contributed by atoms with Gasteiger partial charge in [-0.15, -0.1) is 34.2 Å². The highest BCUT2D eigenvalue weighted by Gasteiger charge is 2.14. The van der Waals surface area contributed by atoms with Crippen molar-refractivity contribution in [1.82, 2.24) is 25.4 Å². The van der Waals surface area contributed by atoms with E-state index in [9.17, 15) is 0 Å². The van der Waals surface area contributed by atoms with Gasteiger partial charge in [0.05, 0.1) is 0 Å². The molecule has 0 radical (unpaired) electrons. The van der Waals surface area contributed by atoms with E-state index in [-0.39, 0.29) is 24.0 Å². The van der Waals surface area contributed by atoms with Crippen LogP contribution in [0.5, 0.6) is 0 Å². The highest BCUT2D eigenvalue weighted by molar-refractivity contribution is 14.0. The van der Waals surface area contributed by atoms with Crippen molar-refractivity contribution in [3.63, 3.8) is 0 Å². The third-order valence-electron chi connectivity index (χ3n) is 4.88. The number of hydrogen-bond acceptors (Lipinski definition) is 3. The Morgan fingerprint density at radius 2 is 2.00 bits per heavy atom. The summed E-state index contributed by atoms with van der Waals surface area (Å²) in [4.78, 5) is 4.80. The molecule has 0 saturated heterocycles. The highest BCUT2D eigenvalue weighted by atomic mass is 127. The van der Waals surface area contributed by atoms with Gasteiger partial charge in [-0.2, -0.15) is 0 Å². The molecule has 0 spiro atoms. The van der Waals surface area contributed by atoms with E-state index in [0.29, 0.717) is 6.04 Å². The minimum absolute atomic E-state index is 0. The molecule has 1 heterocycles. The fourth-order valence-electron chi connectivity index (χ4n) is 3.36. The lowest BCUT2D eigenvalue weighted by molar-refractivity contribution is 0.409. The van der Waals surface area contributed by atoms with E-state index >= 15 is 0 Å². The highest BCUT2D eigenvalue weighted by Crippen LogP contribution is 2.17. The summed E-state index contributed by atoms with van der Waals surface area (Å²) < 4.78 is 2.12. The van der Waals surface area contributed by atoms with Crippen LogP contribution in [0, 0.1) is 0 Å². The van der Waals surface area contributed by atoms with Crippen LogP contribution in [0.3, 0.4) is 0 Å².